The molecule has 32 heavy (non-hydrogen) atoms. The second kappa shape index (κ2) is 9.17. The van der Waals surface area contributed by atoms with Gasteiger partial charge in [0.2, 0.25) is 0 Å². The lowest BCUT2D eigenvalue weighted by atomic mass is 9.99. The van der Waals surface area contributed by atoms with Crippen molar-refractivity contribution in [2.75, 3.05) is 6.54 Å². The fourth-order valence-corrected chi connectivity index (χ4v) is 3.66. The number of carbonyl (C=O) groups is 1. The number of hydrazine groups is 1. The predicted molar refractivity (Wildman–Crippen MR) is 117 cm³/mol. The normalized spacial score (nSPS) is 18.2. The molecular formula is C22H20ClF2N5O2. The number of nitrogens with two attached hydrogens (primary N) is 1. The molecule has 10 heteroatoms. The zero-order chi connectivity index (χ0) is 22.8. The van der Waals surface area contributed by atoms with Crippen molar-refractivity contribution in [2.24, 2.45) is 10.7 Å². The summed E-state index contributed by atoms with van der Waals surface area (Å²) in [5.74, 6) is -1.36. The standard InChI is InChI=1S/C22H20ClF2N5O2/c23-16-6-5-15(13-8-10-30-18(11-13)28-22(26)29-30)20(25)19(16)21(32)27-9-7-17(31)12-1-3-14(24)4-2-12/h1-6,8,10-11,17,22,29,31H,7,9,26H2,(H,27,32). The molecule has 0 aliphatic carbocycles. The molecular weight excluding hydrogens is 440 g/mol. The number of aliphatic hydroxyl groups is 1. The van der Waals surface area contributed by atoms with Gasteiger partial charge in [0, 0.05) is 18.3 Å². The van der Waals surface area contributed by atoms with Crippen LogP contribution in [0.5, 0.6) is 0 Å². The van der Waals surface area contributed by atoms with Gasteiger partial charge in [-0.2, -0.15) is 5.43 Å². The van der Waals surface area contributed by atoms with Crippen LogP contribution in [0.2, 0.25) is 5.02 Å². The van der Waals surface area contributed by atoms with Crippen molar-refractivity contribution in [1.29, 1.82) is 0 Å². The molecule has 1 amide bonds. The van der Waals surface area contributed by atoms with E-state index in [1.165, 1.54) is 36.4 Å². The van der Waals surface area contributed by atoms with E-state index in [-0.39, 0.29) is 29.1 Å². The number of rotatable bonds is 6. The molecule has 2 heterocycles. The SMILES string of the molecule is NC1N=C2C=C(c3ccc(Cl)c(C(=O)NCCC(O)c4ccc(F)cc4)c3F)C=CN2N1. The minimum Gasteiger partial charge on any atom is -0.388 e. The summed E-state index contributed by atoms with van der Waals surface area (Å²) < 4.78 is 28.3. The van der Waals surface area contributed by atoms with E-state index in [2.05, 4.69) is 15.7 Å². The number of hydrogen-bond acceptors (Lipinski definition) is 6. The van der Waals surface area contributed by atoms with Gasteiger partial charge in [-0.1, -0.05) is 23.7 Å². The summed E-state index contributed by atoms with van der Waals surface area (Å²) in [7, 11) is 0. The summed E-state index contributed by atoms with van der Waals surface area (Å²) in [5.41, 5.74) is 9.52. The van der Waals surface area contributed by atoms with Crippen molar-refractivity contribution in [2.45, 2.75) is 18.8 Å². The van der Waals surface area contributed by atoms with Gasteiger partial charge in [-0.3, -0.25) is 15.5 Å². The number of allylic oxidation sites excluding steroid dienone is 2. The Morgan fingerprint density at radius 2 is 2.03 bits per heavy atom. The Morgan fingerprint density at radius 3 is 2.78 bits per heavy atom. The lowest BCUT2D eigenvalue weighted by Crippen LogP contribution is -2.40. The summed E-state index contributed by atoms with van der Waals surface area (Å²) in [4.78, 5) is 16.8. The number of carbonyl (C=O) groups excluding carboxylic acids is 1. The minimum atomic E-state index is -0.907. The number of aliphatic imine (C=N–C) groups is 1. The Hall–Kier alpha value is -3.11. The maximum atomic E-state index is 15.3. The number of halogens is 3. The number of fused-ring (bicyclic) bond motifs is 1. The molecule has 0 aromatic heterocycles. The Labute approximate surface area is 187 Å². The Bertz CT molecular complexity index is 1130. The van der Waals surface area contributed by atoms with E-state index in [1.54, 1.807) is 23.4 Å². The third-order valence-corrected chi connectivity index (χ3v) is 5.38. The van der Waals surface area contributed by atoms with Crippen LogP contribution >= 0.6 is 11.6 Å². The highest BCUT2D eigenvalue weighted by Gasteiger charge is 2.25. The molecule has 2 aliphatic heterocycles. The average Bonchev–Trinajstić information content (AvgIpc) is 3.13. The average molecular weight is 460 g/mol. The molecule has 0 fully saturated rings. The highest BCUT2D eigenvalue weighted by atomic mass is 35.5. The largest absolute Gasteiger partial charge is 0.388 e. The van der Waals surface area contributed by atoms with Crippen LogP contribution in [-0.2, 0) is 0 Å². The van der Waals surface area contributed by atoms with E-state index >= 15 is 4.39 Å². The van der Waals surface area contributed by atoms with Gasteiger partial charge in [-0.15, -0.1) is 0 Å². The molecule has 166 valence electrons. The van der Waals surface area contributed by atoms with E-state index in [0.29, 0.717) is 17.0 Å². The molecule has 2 aromatic carbocycles. The number of aliphatic hydroxyl groups excluding tert-OH is 1. The van der Waals surface area contributed by atoms with Crippen LogP contribution in [0.4, 0.5) is 8.78 Å². The van der Waals surface area contributed by atoms with E-state index in [9.17, 15) is 14.3 Å². The van der Waals surface area contributed by atoms with Crippen LogP contribution in [0.1, 0.15) is 34.0 Å². The summed E-state index contributed by atoms with van der Waals surface area (Å²) in [6.45, 7) is 0.0648. The molecule has 0 bridgehead atoms. The second-order valence-corrected chi connectivity index (χ2v) is 7.65. The lowest BCUT2D eigenvalue weighted by molar-refractivity contribution is 0.0938. The molecule has 0 saturated carbocycles. The van der Waals surface area contributed by atoms with Crippen molar-refractivity contribution in [1.82, 2.24) is 15.8 Å². The first-order valence-electron chi connectivity index (χ1n) is 9.82. The van der Waals surface area contributed by atoms with Crippen molar-refractivity contribution in [3.63, 3.8) is 0 Å². The third-order valence-electron chi connectivity index (χ3n) is 5.06. The van der Waals surface area contributed by atoms with Gasteiger partial charge in [-0.25, -0.2) is 13.8 Å². The summed E-state index contributed by atoms with van der Waals surface area (Å²) >= 11 is 6.11. The topological polar surface area (TPSA) is 103 Å². The third kappa shape index (κ3) is 4.56. The van der Waals surface area contributed by atoms with Crippen LogP contribution in [-0.4, -0.2) is 34.7 Å². The fourth-order valence-electron chi connectivity index (χ4n) is 3.42. The quantitative estimate of drug-likeness (QED) is 0.532. The summed E-state index contributed by atoms with van der Waals surface area (Å²) in [5, 5.41) is 14.3. The molecule has 2 aromatic rings. The van der Waals surface area contributed by atoms with Crippen LogP contribution in [0.3, 0.4) is 0 Å². The monoisotopic (exact) mass is 459 g/mol. The number of nitrogens with zero attached hydrogens (tertiary/aromatic N) is 2. The second-order valence-electron chi connectivity index (χ2n) is 7.24. The number of amidine groups is 1. The zero-order valence-corrected chi connectivity index (χ0v) is 17.5. The molecule has 5 N–H and O–H groups in total. The van der Waals surface area contributed by atoms with Gasteiger partial charge in [0.05, 0.1) is 16.7 Å². The highest BCUT2D eigenvalue weighted by molar-refractivity contribution is 6.34. The van der Waals surface area contributed by atoms with E-state index < -0.39 is 29.9 Å². The molecule has 0 spiro atoms. The number of benzene rings is 2. The van der Waals surface area contributed by atoms with E-state index in [0.717, 1.165) is 0 Å². The number of amides is 1. The predicted octanol–water partition coefficient (Wildman–Crippen LogP) is 2.84. The molecule has 0 saturated heterocycles. The first-order chi connectivity index (χ1) is 15.3. The van der Waals surface area contributed by atoms with E-state index in [1.807, 2.05) is 0 Å². The van der Waals surface area contributed by atoms with Crippen molar-refractivity contribution in [3.8, 4) is 0 Å². The van der Waals surface area contributed by atoms with Crippen LogP contribution in [0.25, 0.3) is 5.57 Å². The zero-order valence-electron chi connectivity index (χ0n) is 16.7. The van der Waals surface area contributed by atoms with E-state index in [4.69, 9.17) is 17.3 Å². The molecule has 2 aliphatic rings. The maximum Gasteiger partial charge on any atom is 0.255 e. The van der Waals surface area contributed by atoms with Crippen molar-refractivity contribution >= 4 is 28.9 Å². The lowest BCUT2D eigenvalue weighted by Gasteiger charge is -2.19. The van der Waals surface area contributed by atoms with Crippen molar-refractivity contribution in [3.05, 3.63) is 88.1 Å². The number of nitrogens with one attached hydrogen (secondary N) is 2. The first-order valence-corrected chi connectivity index (χ1v) is 10.2. The van der Waals surface area contributed by atoms with Crippen LogP contribution in [0, 0.1) is 11.6 Å². The Balaban J connectivity index is 1.47. The maximum absolute atomic E-state index is 15.3. The molecule has 7 nitrogen and oxygen atoms in total. The molecule has 0 radical (unpaired) electrons. The van der Waals surface area contributed by atoms with Gasteiger partial charge in [0.15, 0.2) is 6.29 Å². The van der Waals surface area contributed by atoms with Crippen LogP contribution in [0.15, 0.2) is 59.7 Å². The minimum absolute atomic E-state index is 0.0354. The van der Waals surface area contributed by atoms with Gasteiger partial charge in [-0.05, 0) is 54.0 Å². The highest BCUT2D eigenvalue weighted by Crippen LogP contribution is 2.30. The molecule has 2 unspecified atom stereocenters. The van der Waals surface area contributed by atoms with Gasteiger partial charge < -0.3 is 10.4 Å². The summed E-state index contributed by atoms with van der Waals surface area (Å²) in [6, 6.07) is 8.35. The molecule has 4 rings (SSSR count). The number of hydrogen-bond donors (Lipinski definition) is 4. The van der Waals surface area contributed by atoms with Gasteiger partial charge in [0.25, 0.3) is 5.91 Å². The smallest absolute Gasteiger partial charge is 0.255 e. The Kier molecular flexibility index (Phi) is 6.33. The fraction of sp³-hybridized carbons (Fsp3) is 0.182. The first kappa shape index (κ1) is 22.1. The van der Waals surface area contributed by atoms with Gasteiger partial charge >= 0.3 is 0 Å². The van der Waals surface area contributed by atoms with Crippen molar-refractivity contribution < 1.29 is 18.7 Å². The summed E-state index contributed by atoms with van der Waals surface area (Å²) in [6.07, 6.45) is 3.63. The molecule has 2 atom stereocenters. The van der Waals surface area contributed by atoms with Crippen LogP contribution < -0.4 is 16.5 Å². The Morgan fingerprint density at radius 1 is 1.28 bits per heavy atom. The van der Waals surface area contributed by atoms with Gasteiger partial charge in [0.1, 0.15) is 17.5 Å².